The molecule has 4 N–H and O–H groups in total. The Labute approximate surface area is 173 Å². The summed E-state index contributed by atoms with van der Waals surface area (Å²) in [5.74, 6) is -0.325. The van der Waals surface area contributed by atoms with E-state index >= 15 is 0 Å². The van der Waals surface area contributed by atoms with Crippen molar-refractivity contribution in [2.45, 2.75) is 39.7 Å². The van der Waals surface area contributed by atoms with E-state index in [1.165, 1.54) is 11.3 Å². The zero-order valence-corrected chi connectivity index (χ0v) is 17.6. The summed E-state index contributed by atoms with van der Waals surface area (Å²) in [6, 6.07) is 2.14. The normalized spacial score (nSPS) is 18.4. The molecule has 0 fully saturated rings. The molecule has 0 aromatic carbocycles. The average Bonchev–Trinajstić information content (AvgIpc) is 3.21. The van der Waals surface area contributed by atoms with Crippen LogP contribution in [0.3, 0.4) is 0 Å². The molecule has 148 valence electrons. The molecule has 0 saturated carbocycles. The number of hydrogen-bond donors (Lipinski definition) is 3. The third kappa shape index (κ3) is 3.82. The van der Waals surface area contributed by atoms with Crippen molar-refractivity contribution in [3.63, 3.8) is 0 Å². The summed E-state index contributed by atoms with van der Waals surface area (Å²) >= 11 is 1.37. The van der Waals surface area contributed by atoms with Crippen molar-refractivity contribution in [3.05, 3.63) is 68.1 Å². The van der Waals surface area contributed by atoms with Crippen LogP contribution >= 0.6 is 11.3 Å². The number of nitrogens with zero attached hydrogens (tertiary/aromatic N) is 3. The maximum absolute atomic E-state index is 13.0. The number of aromatic nitrogens is 2. The lowest BCUT2D eigenvalue weighted by Crippen LogP contribution is -2.47. The Morgan fingerprint density at radius 2 is 2.10 bits per heavy atom. The Bertz CT molecular complexity index is 1110. The summed E-state index contributed by atoms with van der Waals surface area (Å²) in [4.78, 5) is 22.1. The molecule has 2 aromatic heterocycles. The quantitative estimate of drug-likeness (QED) is 0.672. The number of carbonyl (C=O) groups is 1. The Kier molecular flexibility index (Phi) is 5.36. The van der Waals surface area contributed by atoms with Gasteiger partial charge in [-0.3, -0.25) is 15.2 Å². The first-order valence-corrected chi connectivity index (χ1v) is 9.91. The minimum Gasteiger partial charge on any atom is -0.398 e. The molecule has 0 bridgehead atoms. The zero-order valence-electron chi connectivity index (χ0n) is 16.8. The monoisotopic (exact) mass is 406 g/mol. The van der Waals surface area contributed by atoms with Gasteiger partial charge in [-0.2, -0.15) is 5.26 Å². The Morgan fingerprint density at radius 1 is 1.38 bits per heavy atom. The summed E-state index contributed by atoms with van der Waals surface area (Å²) in [6.45, 7) is 7.22. The fourth-order valence-electron chi connectivity index (χ4n) is 3.36. The number of nitrogens with one attached hydrogen (secondary N) is 2. The van der Waals surface area contributed by atoms with Crippen LogP contribution in [0.15, 0.2) is 35.1 Å². The van der Waals surface area contributed by atoms with Crippen molar-refractivity contribution in [2.24, 2.45) is 5.73 Å². The first-order valence-electron chi connectivity index (χ1n) is 9.03. The second kappa shape index (κ2) is 7.60. The number of nitriles is 1. The van der Waals surface area contributed by atoms with Gasteiger partial charge in [0.2, 0.25) is 0 Å². The number of thiazole rings is 1. The third-order valence-electron chi connectivity index (χ3n) is 5.16. The number of rotatable bonds is 4. The number of allylic oxidation sites excluding steroid dienone is 1. The van der Waals surface area contributed by atoms with Crippen LogP contribution in [0.5, 0.6) is 0 Å². The minimum absolute atomic E-state index is 0.301. The highest BCUT2D eigenvalue weighted by Crippen LogP contribution is 2.29. The zero-order chi connectivity index (χ0) is 21.3. The first-order chi connectivity index (χ1) is 13.7. The summed E-state index contributed by atoms with van der Waals surface area (Å²) in [7, 11) is 0. The van der Waals surface area contributed by atoms with Crippen molar-refractivity contribution in [1.82, 2.24) is 15.3 Å². The predicted octanol–water partition coefficient (Wildman–Crippen LogP) is 3.06. The standard InChI is InChI=1S/C21H22N6OS/c1-11-12(2)19(26-13(3)15(11)8-22)20(28)27-21(4)6-5-16(23)14(7-21)18(24)17-9-25-10-29-17/h5-6,9-10,24H,7,23H2,1-4H3,(H,27,28). The molecule has 2 heterocycles. The fourth-order valence-corrected chi connectivity index (χ4v) is 3.96. The highest BCUT2D eigenvalue weighted by atomic mass is 32.1. The molecule has 1 amide bonds. The number of nitrogens with two attached hydrogens (primary N) is 1. The molecule has 0 radical (unpaired) electrons. The van der Waals surface area contributed by atoms with Crippen LogP contribution in [0.2, 0.25) is 0 Å². The van der Waals surface area contributed by atoms with Crippen LogP contribution < -0.4 is 11.1 Å². The lowest BCUT2D eigenvalue weighted by atomic mass is 9.84. The number of pyridine rings is 1. The summed E-state index contributed by atoms with van der Waals surface area (Å²) in [5, 5.41) is 20.8. The topological polar surface area (TPSA) is 129 Å². The van der Waals surface area contributed by atoms with Gasteiger partial charge in [-0.1, -0.05) is 6.08 Å². The van der Waals surface area contributed by atoms with Crippen molar-refractivity contribution in [1.29, 1.82) is 10.7 Å². The predicted molar refractivity (Wildman–Crippen MR) is 113 cm³/mol. The van der Waals surface area contributed by atoms with Gasteiger partial charge in [0.1, 0.15) is 11.8 Å². The molecule has 29 heavy (non-hydrogen) atoms. The van der Waals surface area contributed by atoms with Gasteiger partial charge in [0.15, 0.2) is 0 Å². The molecule has 1 aliphatic rings. The highest BCUT2D eigenvalue weighted by Gasteiger charge is 2.32. The molecule has 0 spiro atoms. The molecule has 0 saturated heterocycles. The van der Waals surface area contributed by atoms with E-state index in [4.69, 9.17) is 11.1 Å². The molecule has 2 aromatic rings. The Morgan fingerprint density at radius 3 is 2.72 bits per heavy atom. The molecule has 7 nitrogen and oxygen atoms in total. The lowest BCUT2D eigenvalue weighted by molar-refractivity contribution is 0.0916. The SMILES string of the molecule is Cc1nc(C(=O)NC2(C)C=CC(N)=C(C(=N)c3cncs3)C2)c(C)c(C)c1C#N. The van der Waals surface area contributed by atoms with Gasteiger partial charge in [0, 0.05) is 23.9 Å². The van der Waals surface area contributed by atoms with E-state index in [0.29, 0.717) is 45.9 Å². The minimum atomic E-state index is -0.726. The fraction of sp³-hybridized carbons (Fsp3) is 0.286. The molecule has 0 aliphatic heterocycles. The van der Waals surface area contributed by atoms with Gasteiger partial charge in [0.25, 0.3) is 5.91 Å². The van der Waals surface area contributed by atoms with Crippen molar-refractivity contribution in [2.75, 3.05) is 0 Å². The number of aryl methyl sites for hydroxylation is 1. The molecule has 1 aliphatic carbocycles. The van der Waals surface area contributed by atoms with Crippen LogP contribution in [0, 0.1) is 37.5 Å². The van der Waals surface area contributed by atoms with E-state index in [2.05, 4.69) is 21.4 Å². The Hall–Kier alpha value is -3.31. The van der Waals surface area contributed by atoms with Crippen LogP contribution in [-0.4, -0.2) is 27.1 Å². The van der Waals surface area contributed by atoms with Crippen LogP contribution in [-0.2, 0) is 0 Å². The summed E-state index contributed by atoms with van der Waals surface area (Å²) in [5.41, 5.74) is 11.3. The smallest absolute Gasteiger partial charge is 0.270 e. The average molecular weight is 407 g/mol. The summed E-state index contributed by atoms with van der Waals surface area (Å²) < 4.78 is 0. The van der Waals surface area contributed by atoms with Crippen LogP contribution in [0.4, 0.5) is 0 Å². The highest BCUT2D eigenvalue weighted by molar-refractivity contribution is 7.12. The van der Waals surface area contributed by atoms with Gasteiger partial charge >= 0.3 is 0 Å². The molecule has 1 atom stereocenters. The summed E-state index contributed by atoms with van der Waals surface area (Å²) in [6.07, 6.45) is 5.58. The maximum atomic E-state index is 13.0. The van der Waals surface area contributed by atoms with E-state index < -0.39 is 5.54 Å². The molecular formula is C21H22N6OS. The number of amides is 1. The van der Waals surface area contributed by atoms with Crippen molar-refractivity contribution < 1.29 is 4.79 Å². The van der Waals surface area contributed by atoms with Crippen LogP contribution in [0.25, 0.3) is 0 Å². The van der Waals surface area contributed by atoms with E-state index in [1.807, 2.05) is 19.9 Å². The van der Waals surface area contributed by atoms with Crippen molar-refractivity contribution in [3.8, 4) is 6.07 Å². The van der Waals surface area contributed by atoms with Gasteiger partial charge in [-0.05, 0) is 44.9 Å². The molecule has 3 rings (SSSR count). The van der Waals surface area contributed by atoms with E-state index in [0.717, 1.165) is 10.4 Å². The molecular weight excluding hydrogens is 384 g/mol. The van der Waals surface area contributed by atoms with E-state index in [9.17, 15) is 10.1 Å². The molecule has 1 unspecified atom stereocenters. The van der Waals surface area contributed by atoms with Gasteiger partial charge in [-0.25, -0.2) is 4.98 Å². The second-order valence-corrected chi connectivity index (χ2v) is 8.23. The van der Waals surface area contributed by atoms with Gasteiger partial charge < -0.3 is 11.1 Å². The van der Waals surface area contributed by atoms with E-state index in [1.54, 1.807) is 31.6 Å². The first kappa shape index (κ1) is 20.4. The second-order valence-electron chi connectivity index (χ2n) is 7.34. The third-order valence-corrected chi connectivity index (χ3v) is 5.95. The lowest BCUT2D eigenvalue weighted by Gasteiger charge is -2.32. The van der Waals surface area contributed by atoms with Crippen molar-refractivity contribution >= 4 is 23.0 Å². The maximum Gasteiger partial charge on any atom is 0.270 e. The Balaban J connectivity index is 1.88. The van der Waals surface area contributed by atoms with Gasteiger partial charge in [-0.15, -0.1) is 11.3 Å². The molecule has 8 heteroatoms. The van der Waals surface area contributed by atoms with E-state index in [-0.39, 0.29) is 5.91 Å². The van der Waals surface area contributed by atoms with Crippen LogP contribution in [0.1, 0.15) is 51.1 Å². The van der Waals surface area contributed by atoms with Gasteiger partial charge in [0.05, 0.1) is 32.9 Å². The largest absolute Gasteiger partial charge is 0.398 e. The number of hydrogen-bond acceptors (Lipinski definition) is 7. The number of carbonyl (C=O) groups excluding carboxylic acids is 1.